The van der Waals surface area contributed by atoms with Crippen LogP contribution in [0.3, 0.4) is 0 Å². The van der Waals surface area contributed by atoms with Crippen molar-refractivity contribution in [2.24, 2.45) is 11.7 Å². The first-order valence-corrected chi connectivity index (χ1v) is 5.21. The maximum atomic E-state index is 13.0. The van der Waals surface area contributed by atoms with Crippen molar-refractivity contribution >= 4 is 5.97 Å². The fourth-order valence-corrected chi connectivity index (χ4v) is 1.92. The third kappa shape index (κ3) is 2.94. The standard InChI is InChI=1S/C10H18FNO2/c1-2-14-10(13)9(12)7-4-3-5-8(11)6-7/h7-9H,2-6,12H2,1H3. The van der Waals surface area contributed by atoms with Crippen LogP contribution in [-0.4, -0.2) is 24.8 Å². The summed E-state index contributed by atoms with van der Waals surface area (Å²) in [5.74, 6) is -0.440. The molecule has 0 saturated heterocycles. The van der Waals surface area contributed by atoms with E-state index in [0.717, 1.165) is 12.8 Å². The maximum Gasteiger partial charge on any atom is 0.323 e. The molecule has 0 radical (unpaired) electrons. The van der Waals surface area contributed by atoms with Crippen molar-refractivity contribution in [2.45, 2.75) is 44.8 Å². The number of halogens is 1. The van der Waals surface area contributed by atoms with Gasteiger partial charge in [0.05, 0.1) is 6.61 Å². The van der Waals surface area contributed by atoms with Crippen LogP contribution in [0.15, 0.2) is 0 Å². The number of rotatable bonds is 3. The highest BCUT2D eigenvalue weighted by atomic mass is 19.1. The first-order valence-electron chi connectivity index (χ1n) is 5.21. The zero-order valence-electron chi connectivity index (χ0n) is 8.54. The van der Waals surface area contributed by atoms with Gasteiger partial charge in [0.25, 0.3) is 0 Å². The third-order valence-electron chi connectivity index (χ3n) is 2.72. The highest BCUT2D eigenvalue weighted by molar-refractivity contribution is 5.75. The molecule has 0 amide bonds. The Hall–Kier alpha value is -0.640. The first kappa shape index (κ1) is 11.4. The molecule has 1 saturated carbocycles. The molecule has 2 N–H and O–H groups in total. The Morgan fingerprint density at radius 2 is 2.36 bits per heavy atom. The molecule has 3 nitrogen and oxygen atoms in total. The summed E-state index contributed by atoms with van der Waals surface area (Å²) in [5, 5.41) is 0. The Morgan fingerprint density at radius 3 is 2.93 bits per heavy atom. The smallest absolute Gasteiger partial charge is 0.323 e. The summed E-state index contributed by atoms with van der Waals surface area (Å²) in [7, 11) is 0. The lowest BCUT2D eigenvalue weighted by Gasteiger charge is -2.27. The van der Waals surface area contributed by atoms with Gasteiger partial charge in [-0.15, -0.1) is 0 Å². The van der Waals surface area contributed by atoms with E-state index >= 15 is 0 Å². The lowest BCUT2D eigenvalue weighted by molar-refractivity contribution is -0.146. The predicted octanol–water partition coefficient (Wildman–Crippen LogP) is 1.41. The van der Waals surface area contributed by atoms with Crippen molar-refractivity contribution < 1.29 is 13.9 Å². The molecule has 1 fully saturated rings. The normalized spacial score (nSPS) is 29.6. The number of esters is 1. The van der Waals surface area contributed by atoms with Gasteiger partial charge >= 0.3 is 5.97 Å². The Balaban J connectivity index is 2.42. The molecule has 4 heteroatoms. The van der Waals surface area contributed by atoms with Gasteiger partial charge in [-0.05, 0) is 32.1 Å². The van der Waals surface area contributed by atoms with Crippen molar-refractivity contribution in [2.75, 3.05) is 6.61 Å². The molecular formula is C10H18FNO2. The van der Waals surface area contributed by atoms with Crippen molar-refractivity contribution in [3.05, 3.63) is 0 Å². The SMILES string of the molecule is CCOC(=O)C(N)C1CCCC(F)C1. The fourth-order valence-electron chi connectivity index (χ4n) is 1.92. The minimum atomic E-state index is -0.797. The summed E-state index contributed by atoms with van der Waals surface area (Å²) in [6, 6.07) is -0.645. The molecule has 0 heterocycles. The van der Waals surface area contributed by atoms with Crippen LogP contribution in [0.5, 0.6) is 0 Å². The van der Waals surface area contributed by atoms with Crippen molar-refractivity contribution in [3.8, 4) is 0 Å². The van der Waals surface area contributed by atoms with Gasteiger partial charge in [0.15, 0.2) is 0 Å². The van der Waals surface area contributed by atoms with Crippen LogP contribution in [0, 0.1) is 5.92 Å². The van der Waals surface area contributed by atoms with E-state index in [1.165, 1.54) is 0 Å². The molecule has 0 bridgehead atoms. The molecule has 1 aliphatic rings. The van der Waals surface area contributed by atoms with Crippen LogP contribution in [0.2, 0.25) is 0 Å². The molecule has 0 spiro atoms. The maximum absolute atomic E-state index is 13.0. The number of alkyl halides is 1. The van der Waals surface area contributed by atoms with E-state index in [0.29, 0.717) is 19.4 Å². The molecule has 0 aromatic carbocycles. The van der Waals surface area contributed by atoms with Gasteiger partial charge in [-0.1, -0.05) is 6.42 Å². The zero-order chi connectivity index (χ0) is 10.6. The number of hydrogen-bond donors (Lipinski definition) is 1. The molecule has 0 aromatic rings. The molecule has 1 rings (SSSR count). The van der Waals surface area contributed by atoms with E-state index in [1.807, 2.05) is 0 Å². The van der Waals surface area contributed by atoms with Crippen molar-refractivity contribution in [1.82, 2.24) is 0 Å². The second-order valence-corrected chi connectivity index (χ2v) is 3.80. The Morgan fingerprint density at radius 1 is 1.64 bits per heavy atom. The van der Waals surface area contributed by atoms with Crippen LogP contribution >= 0.6 is 0 Å². The van der Waals surface area contributed by atoms with Crippen LogP contribution < -0.4 is 5.73 Å². The van der Waals surface area contributed by atoms with Crippen molar-refractivity contribution in [1.29, 1.82) is 0 Å². The summed E-state index contributed by atoms with van der Waals surface area (Å²) in [6.07, 6.45) is 1.86. The Bertz CT molecular complexity index is 199. The van der Waals surface area contributed by atoms with Gasteiger partial charge in [-0.25, -0.2) is 4.39 Å². The molecule has 0 aliphatic heterocycles. The number of carbonyl (C=O) groups is 1. The molecule has 82 valence electrons. The van der Waals surface area contributed by atoms with Crippen LogP contribution in [0.4, 0.5) is 4.39 Å². The lowest BCUT2D eigenvalue weighted by atomic mass is 9.83. The quantitative estimate of drug-likeness (QED) is 0.705. The molecule has 1 aliphatic carbocycles. The summed E-state index contributed by atoms with van der Waals surface area (Å²) < 4.78 is 17.8. The van der Waals surface area contributed by atoms with Gasteiger partial charge in [-0.3, -0.25) is 4.79 Å². The number of hydrogen-bond acceptors (Lipinski definition) is 3. The first-order chi connectivity index (χ1) is 6.65. The van der Waals surface area contributed by atoms with Gasteiger partial charge in [0.1, 0.15) is 12.2 Å². The summed E-state index contributed by atoms with van der Waals surface area (Å²) in [4.78, 5) is 11.3. The molecule has 3 unspecified atom stereocenters. The largest absolute Gasteiger partial charge is 0.465 e. The van der Waals surface area contributed by atoms with E-state index in [9.17, 15) is 9.18 Å². The number of ether oxygens (including phenoxy) is 1. The Kier molecular flexibility index (Phi) is 4.32. The summed E-state index contributed by atoms with van der Waals surface area (Å²) in [5.41, 5.74) is 5.70. The highest BCUT2D eigenvalue weighted by Gasteiger charge is 2.30. The number of nitrogens with two attached hydrogens (primary N) is 1. The Labute approximate surface area is 83.8 Å². The van der Waals surface area contributed by atoms with E-state index in [4.69, 9.17) is 10.5 Å². The van der Waals surface area contributed by atoms with Gasteiger partial charge in [0.2, 0.25) is 0 Å². The van der Waals surface area contributed by atoms with E-state index < -0.39 is 18.2 Å². The molecule has 14 heavy (non-hydrogen) atoms. The number of carbonyl (C=O) groups excluding carboxylic acids is 1. The summed E-state index contributed by atoms with van der Waals surface area (Å²) in [6.45, 7) is 2.07. The highest BCUT2D eigenvalue weighted by Crippen LogP contribution is 2.28. The molecule has 0 aromatic heterocycles. The molecular weight excluding hydrogens is 185 g/mol. The second-order valence-electron chi connectivity index (χ2n) is 3.80. The van der Waals surface area contributed by atoms with Crippen LogP contribution in [0.1, 0.15) is 32.6 Å². The van der Waals surface area contributed by atoms with Gasteiger partial charge in [0, 0.05) is 0 Å². The van der Waals surface area contributed by atoms with Gasteiger partial charge in [-0.2, -0.15) is 0 Å². The zero-order valence-corrected chi connectivity index (χ0v) is 8.54. The van der Waals surface area contributed by atoms with Gasteiger partial charge < -0.3 is 10.5 Å². The monoisotopic (exact) mass is 203 g/mol. The predicted molar refractivity (Wildman–Crippen MR) is 51.5 cm³/mol. The third-order valence-corrected chi connectivity index (χ3v) is 2.72. The average Bonchev–Trinajstić information content (AvgIpc) is 2.17. The molecule has 3 atom stereocenters. The fraction of sp³-hybridized carbons (Fsp3) is 0.900. The van der Waals surface area contributed by atoms with Crippen molar-refractivity contribution in [3.63, 3.8) is 0 Å². The minimum Gasteiger partial charge on any atom is -0.465 e. The van der Waals surface area contributed by atoms with E-state index in [1.54, 1.807) is 6.92 Å². The summed E-state index contributed by atoms with van der Waals surface area (Å²) >= 11 is 0. The van der Waals surface area contributed by atoms with E-state index in [-0.39, 0.29) is 5.92 Å². The van der Waals surface area contributed by atoms with Crippen LogP contribution in [0.25, 0.3) is 0 Å². The van der Waals surface area contributed by atoms with E-state index in [2.05, 4.69) is 0 Å². The minimum absolute atomic E-state index is 0.0437. The van der Waals surface area contributed by atoms with Crippen LogP contribution in [-0.2, 0) is 9.53 Å². The average molecular weight is 203 g/mol. The lowest BCUT2D eigenvalue weighted by Crippen LogP contribution is -2.41. The second kappa shape index (κ2) is 5.29. The topological polar surface area (TPSA) is 52.3 Å².